The van der Waals surface area contributed by atoms with E-state index in [2.05, 4.69) is 20.4 Å². The average Bonchev–Trinajstić information content (AvgIpc) is 3.21. The molecule has 2 heterocycles. The summed E-state index contributed by atoms with van der Waals surface area (Å²) < 4.78 is 7.10. The maximum Gasteiger partial charge on any atom is 0.255 e. The molecule has 0 aliphatic heterocycles. The van der Waals surface area contributed by atoms with Crippen molar-refractivity contribution in [2.75, 3.05) is 13.7 Å². The first-order valence-electron chi connectivity index (χ1n) is 9.42. The van der Waals surface area contributed by atoms with Gasteiger partial charge in [0.15, 0.2) is 0 Å². The highest BCUT2D eigenvalue weighted by molar-refractivity contribution is 6.31. The zero-order chi connectivity index (χ0) is 19.5. The molecule has 0 spiro atoms. The van der Waals surface area contributed by atoms with Crippen molar-refractivity contribution in [3.63, 3.8) is 0 Å². The smallest absolute Gasteiger partial charge is 0.255 e. The minimum Gasteiger partial charge on any atom is -0.496 e. The van der Waals surface area contributed by atoms with Crippen LogP contribution < -0.4 is 10.1 Å². The van der Waals surface area contributed by atoms with Crippen molar-refractivity contribution in [2.24, 2.45) is 5.92 Å². The molecule has 28 heavy (non-hydrogen) atoms. The number of nitrogens with one attached hydrogen (secondary N) is 1. The van der Waals surface area contributed by atoms with E-state index in [0.717, 1.165) is 31.4 Å². The number of hydrogen-bond donors (Lipinski definition) is 1. The molecule has 2 aromatic heterocycles. The van der Waals surface area contributed by atoms with Gasteiger partial charge in [-0.1, -0.05) is 11.6 Å². The molecule has 1 aliphatic rings. The number of ether oxygens (including phenoxy) is 1. The van der Waals surface area contributed by atoms with Crippen LogP contribution in [0, 0.1) is 5.92 Å². The average molecular weight is 400 g/mol. The van der Waals surface area contributed by atoms with Crippen LogP contribution in [0.1, 0.15) is 47.7 Å². The van der Waals surface area contributed by atoms with Crippen LogP contribution in [-0.2, 0) is 0 Å². The molecule has 0 saturated heterocycles. The van der Waals surface area contributed by atoms with Crippen LogP contribution in [0.5, 0.6) is 5.75 Å². The lowest BCUT2D eigenvalue weighted by Crippen LogP contribution is -2.31. The number of rotatable bonds is 5. The van der Waals surface area contributed by atoms with E-state index in [1.807, 2.05) is 10.6 Å². The largest absolute Gasteiger partial charge is 0.496 e. The maximum absolute atomic E-state index is 12.5. The second-order valence-electron chi connectivity index (χ2n) is 7.11. The molecule has 0 unspecified atom stereocenters. The Bertz CT molecular complexity index is 982. The van der Waals surface area contributed by atoms with Gasteiger partial charge in [0.05, 0.1) is 18.4 Å². The molecular formula is C20H22ClN5O2. The third-order valence-corrected chi connectivity index (χ3v) is 5.67. The summed E-state index contributed by atoms with van der Waals surface area (Å²) >= 11 is 6.02. The quantitative estimate of drug-likeness (QED) is 0.710. The van der Waals surface area contributed by atoms with Gasteiger partial charge in [0.1, 0.15) is 12.1 Å². The lowest BCUT2D eigenvalue weighted by Gasteiger charge is -2.28. The molecule has 1 fully saturated rings. The van der Waals surface area contributed by atoms with Crippen molar-refractivity contribution in [3.8, 4) is 5.75 Å². The molecule has 1 aliphatic carbocycles. The summed E-state index contributed by atoms with van der Waals surface area (Å²) in [4.78, 5) is 20.9. The fourth-order valence-corrected chi connectivity index (χ4v) is 4.09. The highest BCUT2D eigenvalue weighted by Crippen LogP contribution is 2.35. The zero-order valence-corrected chi connectivity index (χ0v) is 16.4. The summed E-state index contributed by atoms with van der Waals surface area (Å²) in [5.74, 6) is 1.91. The van der Waals surface area contributed by atoms with Gasteiger partial charge in [0.2, 0.25) is 0 Å². The Labute approximate surface area is 168 Å². The molecule has 3 aromatic rings. The summed E-state index contributed by atoms with van der Waals surface area (Å²) in [6.45, 7) is 0.649. The number of hydrogen-bond acceptors (Lipinski definition) is 5. The van der Waals surface area contributed by atoms with E-state index in [1.54, 1.807) is 31.5 Å². The van der Waals surface area contributed by atoms with Crippen LogP contribution in [0.2, 0.25) is 5.02 Å². The predicted octanol–water partition coefficient (Wildman–Crippen LogP) is 3.49. The second-order valence-corrected chi connectivity index (χ2v) is 7.55. The Balaban J connectivity index is 1.34. The van der Waals surface area contributed by atoms with E-state index in [4.69, 9.17) is 16.3 Å². The highest BCUT2D eigenvalue weighted by Gasteiger charge is 2.25. The number of carbonyl (C=O) groups is 1. The van der Waals surface area contributed by atoms with Gasteiger partial charge in [0, 0.05) is 23.7 Å². The Morgan fingerprint density at radius 3 is 2.86 bits per heavy atom. The van der Waals surface area contributed by atoms with Crippen LogP contribution in [-0.4, -0.2) is 39.1 Å². The molecule has 0 atom stereocenters. The SMILES string of the molecule is COc1ccc(Cl)cc1C(=O)NCC1CCC(c2ccnc3ncnn23)CC1. The van der Waals surface area contributed by atoms with Crippen molar-refractivity contribution in [1.29, 1.82) is 0 Å². The number of benzene rings is 1. The molecule has 8 heteroatoms. The lowest BCUT2D eigenvalue weighted by molar-refractivity contribution is 0.0939. The molecule has 1 amide bonds. The minimum atomic E-state index is -0.153. The molecule has 0 bridgehead atoms. The standard InChI is InChI=1S/C20H22ClN5O2/c1-28-18-7-6-15(21)10-16(18)19(27)23-11-13-2-4-14(5-3-13)17-8-9-22-20-24-12-25-26(17)20/h6-10,12-14H,2-5,11H2,1H3,(H,23,27). The summed E-state index contributed by atoms with van der Waals surface area (Å²) in [7, 11) is 1.55. The van der Waals surface area contributed by atoms with Crippen LogP contribution in [0.3, 0.4) is 0 Å². The van der Waals surface area contributed by atoms with Crippen LogP contribution in [0.4, 0.5) is 0 Å². The first-order valence-corrected chi connectivity index (χ1v) is 9.80. The number of methoxy groups -OCH3 is 1. The van der Waals surface area contributed by atoms with Gasteiger partial charge in [-0.2, -0.15) is 10.1 Å². The normalized spacial score (nSPS) is 19.5. The molecule has 1 saturated carbocycles. The van der Waals surface area contributed by atoms with Crippen LogP contribution >= 0.6 is 11.6 Å². The van der Waals surface area contributed by atoms with E-state index in [9.17, 15) is 4.79 Å². The fourth-order valence-electron chi connectivity index (χ4n) is 3.92. The first-order chi connectivity index (χ1) is 13.7. The predicted molar refractivity (Wildman–Crippen MR) is 106 cm³/mol. The Morgan fingerprint density at radius 1 is 1.25 bits per heavy atom. The van der Waals surface area contributed by atoms with E-state index in [0.29, 0.717) is 40.5 Å². The van der Waals surface area contributed by atoms with Gasteiger partial charge in [-0.05, 0) is 55.9 Å². The summed E-state index contributed by atoms with van der Waals surface area (Å²) in [6, 6.07) is 7.09. The molecule has 0 radical (unpaired) electrons. The van der Waals surface area contributed by atoms with E-state index < -0.39 is 0 Å². The van der Waals surface area contributed by atoms with Crippen LogP contribution in [0.15, 0.2) is 36.8 Å². The molecule has 4 rings (SSSR count). The molecule has 1 aromatic carbocycles. The minimum absolute atomic E-state index is 0.153. The third-order valence-electron chi connectivity index (χ3n) is 5.43. The molecule has 7 nitrogen and oxygen atoms in total. The van der Waals surface area contributed by atoms with Gasteiger partial charge < -0.3 is 10.1 Å². The maximum atomic E-state index is 12.5. The van der Waals surface area contributed by atoms with Gasteiger partial charge >= 0.3 is 0 Å². The Kier molecular flexibility index (Phi) is 5.43. The van der Waals surface area contributed by atoms with Crippen molar-refractivity contribution in [2.45, 2.75) is 31.6 Å². The number of carbonyl (C=O) groups excluding carboxylic acids is 1. The lowest BCUT2D eigenvalue weighted by atomic mass is 9.80. The van der Waals surface area contributed by atoms with Crippen molar-refractivity contribution < 1.29 is 9.53 Å². The molecular weight excluding hydrogens is 378 g/mol. The number of halogens is 1. The number of nitrogens with zero attached hydrogens (tertiary/aromatic N) is 4. The van der Waals surface area contributed by atoms with Crippen molar-refractivity contribution in [3.05, 3.63) is 53.1 Å². The van der Waals surface area contributed by atoms with Crippen molar-refractivity contribution in [1.82, 2.24) is 24.9 Å². The summed E-state index contributed by atoms with van der Waals surface area (Å²) in [6.07, 6.45) is 7.55. The third kappa shape index (κ3) is 3.80. The van der Waals surface area contributed by atoms with Crippen molar-refractivity contribution >= 4 is 23.3 Å². The Hall–Kier alpha value is -2.67. The molecule has 1 N–H and O–H groups in total. The van der Waals surface area contributed by atoms with E-state index in [1.165, 1.54) is 6.33 Å². The number of amides is 1. The van der Waals surface area contributed by atoms with Gasteiger partial charge in [-0.25, -0.2) is 9.50 Å². The van der Waals surface area contributed by atoms with Crippen LogP contribution in [0.25, 0.3) is 5.78 Å². The zero-order valence-electron chi connectivity index (χ0n) is 15.6. The second kappa shape index (κ2) is 8.14. The topological polar surface area (TPSA) is 81.4 Å². The monoisotopic (exact) mass is 399 g/mol. The van der Waals surface area contributed by atoms with Gasteiger partial charge in [0.25, 0.3) is 11.7 Å². The number of aromatic nitrogens is 4. The van der Waals surface area contributed by atoms with Gasteiger partial charge in [-0.15, -0.1) is 0 Å². The number of fused-ring (bicyclic) bond motifs is 1. The first kappa shape index (κ1) is 18.7. The highest BCUT2D eigenvalue weighted by atomic mass is 35.5. The summed E-state index contributed by atoms with van der Waals surface area (Å²) in [5.41, 5.74) is 1.63. The van der Waals surface area contributed by atoms with E-state index in [-0.39, 0.29) is 5.91 Å². The summed E-state index contributed by atoms with van der Waals surface area (Å²) in [5, 5.41) is 7.85. The fraction of sp³-hybridized carbons (Fsp3) is 0.400. The van der Waals surface area contributed by atoms with E-state index >= 15 is 0 Å². The molecule has 146 valence electrons. The Morgan fingerprint density at radius 2 is 2.07 bits per heavy atom. The van der Waals surface area contributed by atoms with Gasteiger partial charge in [-0.3, -0.25) is 4.79 Å².